The van der Waals surface area contributed by atoms with E-state index in [-0.39, 0.29) is 11.9 Å². The summed E-state index contributed by atoms with van der Waals surface area (Å²) in [5.74, 6) is 0.422. The van der Waals surface area contributed by atoms with Crippen LogP contribution in [0.5, 0.6) is 0 Å². The number of benzene rings is 1. The molecule has 21 heavy (non-hydrogen) atoms. The topological polar surface area (TPSA) is 72.4 Å². The summed E-state index contributed by atoms with van der Waals surface area (Å²) in [7, 11) is 0. The van der Waals surface area contributed by atoms with Crippen molar-refractivity contribution in [3.63, 3.8) is 0 Å². The molecule has 5 nitrogen and oxygen atoms in total. The molecule has 0 bridgehead atoms. The van der Waals surface area contributed by atoms with Gasteiger partial charge in [-0.05, 0) is 37.1 Å². The molecule has 110 valence electrons. The molecule has 0 spiro atoms. The maximum atomic E-state index is 12.4. The summed E-state index contributed by atoms with van der Waals surface area (Å²) in [5.41, 5.74) is 7.05. The lowest BCUT2D eigenvalue weighted by Gasteiger charge is -2.29. The Bertz CT molecular complexity index is 639. The van der Waals surface area contributed by atoms with Crippen LogP contribution in [0.4, 0.5) is 0 Å². The maximum absolute atomic E-state index is 12.4. The number of rotatable bonds is 2. The van der Waals surface area contributed by atoms with Gasteiger partial charge in [0.05, 0.1) is 0 Å². The van der Waals surface area contributed by atoms with Crippen molar-refractivity contribution in [2.45, 2.75) is 18.9 Å². The van der Waals surface area contributed by atoms with Gasteiger partial charge in [0.2, 0.25) is 0 Å². The molecule has 3 rings (SSSR count). The Morgan fingerprint density at radius 1 is 1.38 bits per heavy atom. The Balaban J connectivity index is 1.78. The van der Waals surface area contributed by atoms with Crippen LogP contribution in [0.2, 0.25) is 5.02 Å². The minimum absolute atomic E-state index is 0.0466. The number of hydrogen-bond acceptors (Lipinski definition) is 4. The van der Waals surface area contributed by atoms with Crippen molar-refractivity contribution in [2.75, 3.05) is 13.1 Å². The van der Waals surface area contributed by atoms with Gasteiger partial charge in [-0.1, -0.05) is 16.8 Å². The minimum Gasteiger partial charge on any atom is -0.355 e. The molecule has 0 radical (unpaired) electrons. The Morgan fingerprint density at radius 3 is 2.86 bits per heavy atom. The number of likely N-dealkylation sites (tertiary alicyclic amines) is 1. The Labute approximate surface area is 127 Å². The van der Waals surface area contributed by atoms with Gasteiger partial charge >= 0.3 is 0 Å². The molecule has 0 aliphatic carbocycles. The first-order valence-corrected chi connectivity index (χ1v) is 7.29. The highest BCUT2D eigenvalue weighted by Crippen LogP contribution is 2.23. The summed E-state index contributed by atoms with van der Waals surface area (Å²) in [6.45, 7) is 1.29. The van der Waals surface area contributed by atoms with E-state index in [2.05, 4.69) is 5.16 Å². The number of piperidine rings is 1. The predicted octanol–water partition coefficient (Wildman–Crippen LogP) is 2.56. The third kappa shape index (κ3) is 3.09. The fourth-order valence-corrected chi connectivity index (χ4v) is 2.61. The molecule has 1 atom stereocenters. The SMILES string of the molecule is NC1CCCN(C(=O)c2cc(-c3ccc(Cl)cc3)on2)C1. The number of halogens is 1. The molecule has 1 unspecified atom stereocenters. The summed E-state index contributed by atoms with van der Waals surface area (Å²) in [4.78, 5) is 14.1. The van der Waals surface area contributed by atoms with Gasteiger partial charge in [0, 0.05) is 35.8 Å². The monoisotopic (exact) mass is 305 g/mol. The molecule has 1 fully saturated rings. The van der Waals surface area contributed by atoms with E-state index >= 15 is 0 Å². The van der Waals surface area contributed by atoms with Crippen LogP contribution in [-0.2, 0) is 0 Å². The lowest BCUT2D eigenvalue weighted by Crippen LogP contribution is -2.45. The van der Waals surface area contributed by atoms with Crippen molar-refractivity contribution < 1.29 is 9.32 Å². The highest BCUT2D eigenvalue weighted by molar-refractivity contribution is 6.30. The number of aromatic nitrogens is 1. The van der Waals surface area contributed by atoms with Gasteiger partial charge in [-0.15, -0.1) is 0 Å². The molecule has 2 aromatic rings. The van der Waals surface area contributed by atoms with E-state index in [1.165, 1.54) is 0 Å². The minimum atomic E-state index is -0.130. The van der Waals surface area contributed by atoms with Crippen molar-refractivity contribution in [3.05, 3.63) is 41.0 Å². The van der Waals surface area contributed by atoms with Crippen molar-refractivity contribution in [3.8, 4) is 11.3 Å². The van der Waals surface area contributed by atoms with E-state index in [0.717, 1.165) is 24.9 Å². The molecule has 1 aliphatic heterocycles. The normalized spacial score (nSPS) is 18.8. The van der Waals surface area contributed by atoms with Gasteiger partial charge in [0.25, 0.3) is 5.91 Å². The van der Waals surface area contributed by atoms with E-state index in [1.54, 1.807) is 23.1 Å². The van der Waals surface area contributed by atoms with Crippen LogP contribution < -0.4 is 5.73 Å². The number of carbonyl (C=O) groups is 1. The Hall–Kier alpha value is -1.85. The predicted molar refractivity (Wildman–Crippen MR) is 80.1 cm³/mol. The van der Waals surface area contributed by atoms with Crippen LogP contribution in [0.25, 0.3) is 11.3 Å². The first-order chi connectivity index (χ1) is 10.1. The number of carbonyl (C=O) groups excluding carboxylic acids is 1. The van der Waals surface area contributed by atoms with E-state index in [4.69, 9.17) is 21.9 Å². The fraction of sp³-hybridized carbons (Fsp3) is 0.333. The zero-order valence-corrected chi connectivity index (χ0v) is 12.2. The van der Waals surface area contributed by atoms with Gasteiger partial charge in [0.1, 0.15) is 0 Å². The number of nitrogens with zero attached hydrogens (tertiary/aromatic N) is 2. The number of amides is 1. The summed E-state index contributed by atoms with van der Waals surface area (Å²) >= 11 is 5.85. The second-order valence-electron chi connectivity index (χ2n) is 5.24. The molecule has 1 saturated heterocycles. The average molecular weight is 306 g/mol. The van der Waals surface area contributed by atoms with Crippen LogP contribution in [-0.4, -0.2) is 35.1 Å². The molecule has 1 amide bonds. The Kier molecular flexibility index (Phi) is 3.94. The van der Waals surface area contributed by atoms with Gasteiger partial charge < -0.3 is 15.2 Å². The van der Waals surface area contributed by atoms with E-state index in [1.807, 2.05) is 12.1 Å². The third-order valence-corrected chi connectivity index (χ3v) is 3.86. The summed E-state index contributed by atoms with van der Waals surface area (Å²) < 4.78 is 5.26. The second-order valence-corrected chi connectivity index (χ2v) is 5.67. The van der Waals surface area contributed by atoms with Gasteiger partial charge in [-0.3, -0.25) is 4.79 Å². The van der Waals surface area contributed by atoms with Crippen molar-refractivity contribution in [2.24, 2.45) is 5.73 Å². The van der Waals surface area contributed by atoms with Crippen LogP contribution >= 0.6 is 11.6 Å². The lowest BCUT2D eigenvalue weighted by molar-refractivity contribution is 0.0698. The van der Waals surface area contributed by atoms with E-state index in [0.29, 0.717) is 23.0 Å². The standard InChI is InChI=1S/C15H16ClN3O2/c16-11-5-3-10(4-6-11)14-8-13(18-21-14)15(20)19-7-1-2-12(17)9-19/h3-6,8,12H,1-2,7,9,17H2. The van der Waals surface area contributed by atoms with Crippen LogP contribution in [0.3, 0.4) is 0 Å². The highest BCUT2D eigenvalue weighted by Gasteiger charge is 2.24. The van der Waals surface area contributed by atoms with Crippen LogP contribution in [0.1, 0.15) is 23.3 Å². The van der Waals surface area contributed by atoms with E-state index < -0.39 is 0 Å². The van der Waals surface area contributed by atoms with Crippen molar-refractivity contribution >= 4 is 17.5 Å². The van der Waals surface area contributed by atoms with Gasteiger partial charge in [0.15, 0.2) is 11.5 Å². The molecular formula is C15H16ClN3O2. The molecule has 1 aliphatic rings. The van der Waals surface area contributed by atoms with E-state index in [9.17, 15) is 4.79 Å². The molecule has 1 aromatic heterocycles. The molecule has 2 heterocycles. The first kappa shape index (κ1) is 14.1. The molecule has 6 heteroatoms. The zero-order chi connectivity index (χ0) is 14.8. The highest BCUT2D eigenvalue weighted by atomic mass is 35.5. The third-order valence-electron chi connectivity index (χ3n) is 3.60. The van der Waals surface area contributed by atoms with Crippen molar-refractivity contribution in [1.82, 2.24) is 10.1 Å². The molecular weight excluding hydrogens is 290 g/mol. The van der Waals surface area contributed by atoms with Gasteiger partial charge in [-0.25, -0.2) is 0 Å². The maximum Gasteiger partial charge on any atom is 0.276 e. The Morgan fingerprint density at radius 2 is 2.14 bits per heavy atom. The quantitative estimate of drug-likeness (QED) is 0.925. The molecule has 0 saturated carbocycles. The summed E-state index contributed by atoms with van der Waals surface area (Å²) in [6, 6.07) is 8.90. The largest absolute Gasteiger partial charge is 0.355 e. The molecule has 2 N–H and O–H groups in total. The fourth-order valence-electron chi connectivity index (χ4n) is 2.48. The number of hydrogen-bond donors (Lipinski definition) is 1. The summed E-state index contributed by atoms with van der Waals surface area (Å²) in [5, 5.41) is 4.53. The average Bonchev–Trinajstić information content (AvgIpc) is 2.97. The summed E-state index contributed by atoms with van der Waals surface area (Å²) in [6.07, 6.45) is 1.88. The van der Waals surface area contributed by atoms with Crippen LogP contribution in [0.15, 0.2) is 34.9 Å². The zero-order valence-electron chi connectivity index (χ0n) is 11.5. The molecule has 1 aromatic carbocycles. The second kappa shape index (κ2) is 5.87. The lowest BCUT2D eigenvalue weighted by atomic mass is 10.1. The smallest absolute Gasteiger partial charge is 0.276 e. The van der Waals surface area contributed by atoms with Crippen molar-refractivity contribution in [1.29, 1.82) is 0 Å². The first-order valence-electron chi connectivity index (χ1n) is 6.91. The van der Waals surface area contributed by atoms with Crippen LogP contribution in [0, 0.1) is 0 Å². The number of nitrogens with two attached hydrogens (primary N) is 1. The van der Waals surface area contributed by atoms with Gasteiger partial charge in [-0.2, -0.15) is 0 Å².